The Morgan fingerprint density at radius 1 is 1.25 bits per heavy atom. The van der Waals surface area contributed by atoms with Crippen LogP contribution in [0.2, 0.25) is 0 Å². The zero-order valence-corrected chi connectivity index (χ0v) is 14.4. The third-order valence-corrected chi connectivity index (χ3v) is 5.73. The summed E-state index contributed by atoms with van der Waals surface area (Å²) in [4.78, 5) is 12.1. The second-order valence-electron chi connectivity index (χ2n) is 5.65. The molecule has 0 saturated carbocycles. The van der Waals surface area contributed by atoms with Gasteiger partial charge in [0.15, 0.2) is 5.03 Å². The van der Waals surface area contributed by atoms with Crippen LogP contribution in [-0.2, 0) is 17.1 Å². The highest BCUT2D eigenvalue weighted by molar-refractivity contribution is 7.89. The molecular formula is C14H20N6O3S. The first kappa shape index (κ1) is 16.7. The minimum Gasteiger partial charge on any atom is -0.481 e. The molecule has 130 valence electrons. The molecule has 0 aliphatic carbocycles. The molecule has 0 atom stereocenters. The van der Waals surface area contributed by atoms with Gasteiger partial charge in [0.05, 0.1) is 13.4 Å². The number of hydrogen-bond donors (Lipinski definition) is 1. The molecule has 0 radical (unpaired) electrons. The molecule has 0 amide bonds. The van der Waals surface area contributed by atoms with Crippen LogP contribution in [0.3, 0.4) is 0 Å². The van der Waals surface area contributed by atoms with Crippen LogP contribution in [0.5, 0.6) is 5.88 Å². The minimum absolute atomic E-state index is 0.0944. The fourth-order valence-corrected chi connectivity index (χ4v) is 4.07. The van der Waals surface area contributed by atoms with Gasteiger partial charge < -0.3 is 14.6 Å². The van der Waals surface area contributed by atoms with Crippen molar-refractivity contribution in [3.8, 4) is 5.88 Å². The summed E-state index contributed by atoms with van der Waals surface area (Å²) in [6, 6.07) is 1.87. The molecule has 0 unspecified atom stereocenters. The molecule has 0 spiro atoms. The number of rotatable bonds is 5. The molecule has 3 rings (SSSR count). The molecule has 9 nitrogen and oxygen atoms in total. The largest absolute Gasteiger partial charge is 0.481 e. The molecule has 1 N–H and O–H groups in total. The van der Waals surface area contributed by atoms with E-state index in [1.807, 2.05) is 0 Å². The van der Waals surface area contributed by atoms with Gasteiger partial charge in [-0.2, -0.15) is 4.31 Å². The van der Waals surface area contributed by atoms with Crippen molar-refractivity contribution in [2.75, 3.05) is 25.5 Å². The summed E-state index contributed by atoms with van der Waals surface area (Å²) in [5, 5.41) is 3.39. The summed E-state index contributed by atoms with van der Waals surface area (Å²) >= 11 is 0. The van der Waals surface area contributed by atoms with Crippen molar-refractivity contribution in [3.63, 3.8) is 0 Å². The van der Waals surface area contributed by atoms with Crippen molar-refractivity contribution in [1.82, 2.24) is 23.8 Å². The number of nitrogens with zero attached hydrogens (tertiary/aromatic N) is 5. The molecule has 2 aromatic heterocycles. The first-order valence-corrected chi connectivity index (χ1v) is 9.04. The Morgan fingerprint density at radius 2 is 2.00 bits per heavy atom. The highest BCUT2D eigenvalue weighted by atomic mass is 32.2. The van der Waals surface area contributed by atoms with Crippen LogP contribution in [0.15, 0.2) is 29.9 Å². The topological polar surface area (TPSA) is 102 Å². The van der Waals surface area contributed by atoms with Gasteiger partial charge in [0.25, 0.3) is 10.0 Å². The number of sulfonamides is 1. The van der Waals surface area contributed by atoms with Gasteiger partial charge in [0.2, 0.25) is 5.88 Å². The lowest BCUT2D eigenvalue weighted by Gasteiger charge is -2.31. The van der Waals surface area contributed by atoms with Crippen molar-refractivity contribution >= 4 is 15.8 Å². The Labute approximate surface area is 140 Å². The molecule has 1 aliphatic rings. The highest BCUT2D eigenvalue weighted by Gasteiger charge is 2.30. The smallest absolute Gasteiger partial charge is 0.262 e. The number of aryl methyl sites for hydroxylation is 1. The van der Waals surface area contributed by atoms with E-state index in [1.54, 1.807) is 24.8 Å². The zero-order valence-electron chi connectivity index (χ0n) is 13.6. The number of hydrogen-bond acceptors (Lipinski definition) is 7. The van der Waals surface area contributed by atoms with Crippen molar-refractivity contribution in [2.24, 2.45) is 7.05 Å². The van der Waals surface area contributed by atoms with Crippen LogP contribution < -0.4 is 10.1 Å². The van der Waals surface area contributed by atoms with Gasteiger partial charge >= 0.3 is 0 Å². The van der Waals surface area contributed by atoms with E-state index in [0.717, 1.165) is 0 Å². The number of ether oxygens (including phenoxy) is 1. The Hall–Kier alpha value is -2.20. The zero-order chi connectivity index (χ0) is 17.2. The van der Waals surface area contributed by atoms with Crippen molar-refractivity contribution in [1.29, 1.82) is 0 Å². The molecule has 1 fully saturated rings. The van der Waals surface area contributed by atoms with Crippen molar-refractivity contribution in [3.05, 3.63) is 24.9 Å². The average Bonchev–Trinajstić information content (AvgIpc) is 3.03. The van der Waals surface area contributed by atoms with E-state index in [1.165, 1.54) is 23.2 Å². The van der Waals surface area contributed by atoms with E-state index >= 15 is 0 Å². The molecule has 3 heterocycles. The van der Waals surface area contributed by atoms with Gasteiger partial charge in [-0.05, 0) is 12.8 Å². The summed E-state index contributed by atoms with van der Waals surface area (Å²) in [7, 11) is -0.223. The maximum Gasteiger partial charge on any atom is 0.262 e. The second kappa shape index (κ2) is 6.73. The lowest BCUT2D eigenvalue weighted by molar-refractivity contribution is 0.328. The minimum atomic E-state index is -3.52. The molecule has 1 aliphatic heterocycles. The Bertz CT molecular complexity index is 798. The van der Waals surface area contributed by atoms with Gasteiger partial charge in [-0.3, -0.25) is 0 Å². The maximum atomic E-state index is 12.5. The Kier molecular flexibility index (Phi) is 4.67. The standard InChI is InChI=1S/C14H20N6O3S/c1-19-8-14(17-10-19)24(21,22)20-5-3-11(4-6-20)18-12-7-13(23-2)16-9-15-12/h7-11H,3-6H2,1-2H3,(H,15,16,18). The van der Waals surface area contributed by atoms with E-state index in [9.17, 15) is 8.42 Å². The summed E-state index contributed by atoms with van der Waals surface area (Å²) in [6.45, 7) is 0.886. The van der Waals surface area contributed by atoms with Crippen LogP contribution in [0, 0.1) is 0 Å². The van der Waals surface area contributed by atoms with Gasteiger partial charge in [-0.1, -0.05) is 0 Å². The number of imidazole rings is 1. The summed E-state index contributed by atoms with van der Waals surface area (Å²) in [5.41, 5.74) is 0. The lowest BCUT2D eigenvalue weighted by atomic mass is 10.1. The summed E-state index contributed by atoms with van der Waals surface area (Å²) in [5.74, 6) is 1.16. The van der Waals surface area contributed by atoms with Gasteiger partial charge in [-0.15, -0.1) is 0 Å². The van der Waals surface area contributed by atoms with Gasteiger partial charge in [0.1, 0.15) is 12.1 Å². The SMILES string of the molecule is COc1cc(NC2CCN(S(=O)(=O)c3cn(C)cn3)CC2)ncn1. The van der Waals surface area contributed by atoms with E-state index in [0.29, 0.717) is 37.6 Å². The predicted molar refractivity (Wildman–Crippen MR) is 87.2 cm³/mol. The van der Waals surface area contributed by atoms with Crippen LogP contribution in [-0.4, -0.2) is 58.5 Å². The van der Waals surface area contributed by atoms with Gasteiger partial charge in [0, 0.05) is 38.4 Å². The van der Waals surface area contributed by atoms with E-state index in [2.05, 4.69) is 20.3 Å². The second-order valence-corrected chi connectivity index (χ2v) is 7.53. The predicted octanol–water partition coefficient (Wildman–Crippen LogP) is 0.484. The fraction of sp³-hybridized carbons (Fsp3) is 0.500. The average molecular weight is 352 g/mol. The molecule has 0 bridgehead atoms. The van der Waals surface area contributed by atoms with Crippen molar-refractivity contribution < 1.29 is 13.2 Å². The Morgan fingerprint density at radius 3 is 2.62 bits per heavy atom. The number of nitrogens with one attached hydrogen (secondary N) is 1. The van der Waals surface area contributed by atoms with Crippen LogP contribution in [0.4, 0.5) is 5.82 Å². The molecular weight excluding hydrogens is 332 g/mol. The summed E-state index contributed by atoms with van der Waals surface area (Å²) < 4.78 is 33.3. The number of methoxy groups -OCH3 is 1. The quantitative estimate of drug-likeness (QED) is 0.835. The molecule has 1 saturated heterocycles. The van der Waals surface area contributed by atoms with E-state index in [-0.39, 0.29) is 11.1 Å². The molecule has 24 heavy (non-hydrogen) atoms. The number of piperidine rings is 1. The third-order valence-electron chi connectivity index (χ3n) is 3.94. The van der Waals surface area contributed by atoms with Crippen molar-refractivity contribution in [2.45, 2.75) is 23.9 Å². The maximum absolute atomic E-state index is 12.5. The van der Waals surface area contributed by atoms with Gasteiger partial charge in [-0.25, -0.2) is 23.4 Å². The van der Waals surface area contributed by atoms with Crippen LogP contribution in [0.25, 0.3) is 0 Å². The Balaban J connectivity index is 1.61. The normalized spacial score (nSPS) is 16.9. The monoisotopic (exact) mass is 352 g/mol. The first-order valence-electron chi connectivity index (χ1n) is 7.60. The first-order chi connectivity index (χ1) is 11.5. The summed E-state index contributed by atoms with van der Waals surface area (Å²) in [6.07, 6.45) is 5.83. The third kappa shape index (κ3) is 3.49. The molecule has 2 aromatic rings. The number of aromatic nitrogens is 4. The lowest BCUT2D eigenvalue weighted by Crippen LogP contribution is -2.42. The molecule has 10 heteroatoms. The number of anilines is 1. The van der Waals surface area contributed by atoms with Crippen LogP contribution in [0.1, 0.15) is 12.8 Å². The highest BCUT2D eigenvalue weighted by Crippen LogP contribution is 2.21. The fourth-order valence-electron chi connectivity index (χ4n) is 2.63. The van der Waals surface area contributed by atoms with Crippen LogP contribution >= 0.6 is 0 Å². The van der Waals surface area contributed by atoms with E-state index < -0.39 is 10.0 Å². The molecule has 0 aromatic carbocycles. The van der Waals surface area contributed by atoms with E-state index in [4.69, 9.17) is 4.74 Å².